The molecule has 17 heavy (non-hydrogen) atoms. The lowest BCUT2D eigenvalue weighted by atomic mass is 10.0. The number of amides is 2. The molecule has 0 aliphatic carbocycles. The van der Waals surface area contributed by atoms with Crippen LogP contribution in [-0.2, 0) is 6.54 Å². The Hall–Kier alpha value is -1.14. The highest BCUT2D eigenvalue weighted by Crippen LogP contribution is 2.16. The Balaban J connectivity index is 1.85. The minimum Gasteiger partial charge on any atom is -0.394 e. The van der Waals surface area contributed by atoms with E-state index in [4.69, 9.17) is 0 Å². The first-order chi connectivity index (χ1) is 8.31. The highest BCUT2D eigenvalue weighted by Gasteiger charge is 2.25. The number of nitrogens with one attached hydrogen (secondary N) is 1. The largest absolute Gasteiger partial charge is 0.394 e. The number of hydrogen-bond acceptors (Lipinski definition) is 4. The van der Waals surface area contributed by atoms with Gasteiger partial charge in [0, 0.05) is 18.1 Å². The number of hydrogen-bond donors (Lipinski definition) is 2. The molecule has 2 amide bonds. The lowest BCUT2D eigenvalue weighted by molar-refractivity contribution is 0.108. The average molecular weight is 255 g/mol. The maximum absolute atomic E-state index is 11.9. The number of aromatic nitrogens is 1. The normalized spacial score (nSPS) is 20.3. The first-order valence-corrected chi connectivity index (χ1v) is 6.73. The summed E-state index contributed by atoms with van der Waals surface area (Å²) >= 11 is 1.52. The molecule has 6 heteroatoms. The molecule has 2 N–H and O–H groups in total. The van der Waals surface area contributed by atoms with Gasteiger partial charge in [-0.3, -0.25) is 0 Å². The molecular weight excluding hydrogens is 238 g/mol. The Morgan fingerprint density at radius 1 is 1.65 bits per heavy atom. The minimum atomic E-state index is -0.0982. The van der Waals surface area contributed by atoms with E-state index in [0.29, 0.717) is 6.54 Å². The van der Waals surface area contributed by atoms with Gasteiger partial charge in [-0.1, -0.05) is 0 Å². The first-order valence-electron chi connectivity index (χ1n) is 5.85. The summed E-state index contributed by atoms with van der Waals surface area (Å²) in [5.41, 5.74) is 0. The van der Waals surface area contributed by atoms with Crippen molar-refractivity contribution < 1.29 is 9.90 Å². The molecule has 1 atom stereocenters. The second-order valence-electron chi connectivity index (χ2n) is 4.11. The lowest BCUT2D eigenvalue weighted by Crippen LogP contribution is -2.49. The summed E-state index contributed by atoms with van der Waals surface area (Å²) < 4.78 is 0. The van der Waals surface area contributed by atoms with Gasteiger partial charge in [-0.15, -0.1) is 11.3 Å². The number of nitrogens with zero attached hydrogens (tertiary/aromatic N) is 2. The van der Waals surface area contributed by atoms with Crippen LogP contribution in [0.5, 0.6) is 0 Å². The van der Waals surface area contributed by atoms with Gasteiger partial charge >= 0.3 is 6.03 Å². The molecule has 5 nitrogen and oxygen atoms in total. The zero-order valence-corrected chi connectivity index (χ0v) is 10.4. The summed E-state index contributed by atoms with van der Waals surface area (Å²) in [6, 6.07) is -0.126. The summed E-state index contributed by atoms with van der Waals surface area (Å²) in [6.45, 7) is 1.24. The van der Waals surface area contributed by atoms with Crippen LogP contribution in [-0.4, -0.2) is 40.2 Å². The van der Waals surface area contributed by atoms with E-state index in [1.54, 1.807) is 11.1 Å². The standard InChI is InChI=1S/C11H17N3O2S/c15-8-9-3-1-2-5-14(9)11(16)13-7-10-12-4-6-17-10/h4,6,9,15H,1-3,5,7-8H2,(H,13,16)/t9-/m0/s1. The molecule has 0 bridgehead atoms. The Morgan fingerprint density at radius 3 is 3.24 bits per heavy atom. The van der Waals surface area contributed by atoms with Crippen molar-refractivity contribution in [3.8, 4) is 0 Å². The van der Waals surface area contributed by atoms with Gasteiger partial charge in [0.15, 0.2) is 0 Å². The molecule has 1 aliphatic rings. The number of likely N-dealkylation sites (tertiary alicyclic amines) is 1. The van der Waals surface area contributed by atoms with Gasteiger partial charge in [-0.25, -0.2) is 9.78 Å². The Labute approximate surface area is 104 Å². The van der Waals surface area contributed by atoms with E-state index in [9.17, 15) is 9.90 Å². The van der Waals surface area contributed by atoms with Crippen molar-refractivity contribution in [1.82, 2.24) is 15.2 Å². The van der Waals surface area contributed by atoms with Crippen molar-refractivity contribution in [2.24, 2.45) is 0 Å². The van der Waals surface area contributed by atoms with Crippen LogP contribution in [0.25, 0.3) is 0 Å². The third-order valence-electron chi connectivity index (χ3n) is 2.97. The summed E-state index contributed by atoms with van der Waals surface area (Å²) in [5.74, 6) is 0. The van der Waals surface area contributed by atoms with Crippen molar-refractivity contribution in [3.05, 3.63) is 16.6 Å². The molecule has 1 aromatic rings. The predicted molar refractivity (Wildman–Crippen MR) is 65.8 cm³/mol. The van der Waals surface area contributed by atoms with Gasteiger partial charge in [0.1, 0.15) is 5.01 Å². The fraction of sp³-hybridized carbons (Fsp3) is 0.636. The molecule has 1 fully saturated rings. The number of aliphatic hydroxyl groups is 1. The highest BCUT2D eigenvalue weighted by molar-refractivity contribution is 7.09. The number of carbonyl (C=O) groups is 1. The molecule has 0 unspecified atom stereocenters. The van der Waals surface area contributed by atoms with Crippen LogP contribution in [0.4, 0.5) is 4.79 Å². The minimum absolute atomic E-state index is 0.0277. The van der Waals surface area contributed by atoms with Crippen molar-refractivity contribution in [3.63, 3.8) is 0 Å². The van der Waals surface area contributed by atoms with E-state index >= 15 is 0 Å². The Bertz CT molecular complexity index is 356. The fourth-order valence-corrected chi connectivity index (χ4v) is 2.61. The highest BCUT2D eigenvalue weighted by atomic mass is 32.1. The maximum atomic E-state index is 11.9. The monoisotopic (exact) mass is 255 g/mol. The fourth-order valence-electron chi connectivity index (χ4n) is 2.05. The topological polar surface area (TPSA) is 65.5 Å². The third-order valence-corrected chi connectivity index (χ3v) is 3.75. The molecule has 0 aromatic carbocycles. The van der Waals surface area contributed by atoms with Gasteiger partial charge in [0.25, 0.3) is 0 Å². The van der Waals surface area contributed by atoms with Crippen LogP contribution < -0.4 is 5.32 Å². The van der Waals surface area contributed by atoms with Crippen LogP contribution in [0.3, 0.4) is 0 Å². The van der Waals surface area contributed by atoms with Crippen LogP contribution in [0, 0.1) is 0 Å². The molecule has 1 aromatic heterocycles. The number of carbonyl (C=O) groups excluding carboxylic acids is 1. The molecule has 1 saturated heterocycles. The number of thiazole rings is 1. The molecular formula is C11H17N3O2S. The molecule has 2 heterocycles. The summed E-state index contributed by atoms with van der Waals surface area (Å²) in [5, 5.41) is 14.9. The van der Waals surface area contributed by atoms with E-state index in [-0.39, 0.29) is 18.7 Å². The zero-order valence-electron chi connectivity index (χ0n) is 9.63. The molecule has 0 saturated carbocycles. The second-order valence-corrected chi connectivity index (χ2v) is 5.09. The van der Waals surface area contributed by atoms with Gasteiger partial charge < -0.3 is 15.3 Å². The van der Waals surface area contributed by atoms with Gasteiger partial charge in [-0.05, 0) is 19.3 Å². The summed E-state index contributed by atoms with van der Waals surface area (Å²) in [4.78, 5) is 17.8. The van der Waals surface area contributed by atoms with Crippen LogP contribution in [0.1, 0.15) is 24.3 Å². The average Bonchev–Trinajstić information content (AvgIpc) is 2.89. The summed E-state index contributed by atoms with van der Waals surface area (Å²) in [6.07, 6.45) is 4.72. The summed E-state index contributed by atoms with van der Waals surface area (Å²) in [7, 11) is 0. The number of piperidine rings is 1. The maximum Gasteiger partial charge on any atom is 0.318 e. The molecule has 2 rings (SSSR count). The predicted octanol–water partition coefficient (Wildman–Crippen LogP) is 1.20. The molecule has 0 spiro atoms. The number of urea groups is 1. The zero-order chi connectivity index (χ0) is 12.1. The van der Waals surface area contributed by atoms with Gasteiger partial charge in [0.2, 0.25) is 0 Å². The van der Waals surface area contributed by atoms with Crippen molar-refractivity contribution in [1.29, 1.82) is 0 Å². The van der Waals surface area contributed by atoms with Crippen LogP contribution >= 0.6 is 11.3 Å². The first kappa shape index (κ1) is 12.3. The van der Waals surface area contributed by atoms with Crippen molar-refractivity contribution in [2.45, 2.75) is 31.8 Å². The second kappa shape index (κ2) is 5.97. The van der Waals surface area contributed by atoms with Crippen molar-refractivity contribution >= 4 is 17.4 Å². The number of rotatable bonds is 3. The quantitative estimate of drug-likeness (QED) is 0.853. The van der Waals surface area contributed by atoms with Crippen molar-refractivity contribution in [2.75, 3.05) is 13.2 Å². The van der Waals surface area contributed by atoms with Crippen LogP contribution in [0.15, 0.2) is 11.6 Å². The van der Waals surface area contributed by atoms with E-state index in [1.165, 1.54) is 11.3 Å². The Morgan fingerprint density at radius 2 is 2.53 bits per heavy atom. The molecule has 94 valence electrons. The van der Waals surface area contributed by atoms with Gasteiger partial charge in [-0.2, -0.15) is 0 Å². The van der Waals surface area contributed by atoms with Crippen LogP contribution in [0.2, 0.25) is 0 Å². The van der Waals surface area contributed by atoms with E-state index in [1.807, 2.05) is 5.38 Å². The molecule has 0 radical (unpaired) electrons. The SMILES string of the molecule is O=C(NCc1nccs1)N1CCCC[C@H]1CO. The van der Waals surface area contributed by atoms with E-state index in [0.717, 1.165) is 30.8 Å². The third kappa shape index (κ3) is 3.17. The number of aliphatic hydroxyl groups excluding tert-OH is 1. The van der Waals surface area contributed by atoms with Gasteiger partial charge in [0.05, 0.1) is 19.2 Å². The molecule has 1 aliphatic heterocycles. The lowest BCUT2D eigenvalue weighted by Gasteiger charge is -2.34. The smallest absolute Gasteiger partial charge is 0.318 e. The van der Waals surface area contributed by atoms with E-state index in [2.05, 4.69) is 10.3 Å². The van der Waals surface area contributed by atoms with E-state index < -0.39 is 0 Å². The Kier molecular flexibility index (Phi) is 4.33.